The van der Waals surface area contributed by atoms with E-state index in [4.69, 9.17) is 26.7 Å². The van der Waals surface area contributed by atoms with Gasteiger partial charge in [-0.3, -0.25) is 0 Å². The summed E-state index contributed by atoms with van der Waals surface area (Å²) >= 11 is 0. The predicted octanol–water partition coefficient (Wildman–Crippen LogP) is 2.10. The van der Waals surface area contributed by atoms with Gasteiger partial charge in [-0.05, 0) is 36.4 Å². The van der Waals surface area contributed by atoms with Gasteiger partial charge in [-0.2, -0.15) is 0 Å². The number of carbonyl (C=O) groups is 1. The van der Waals surface area contributed by atoms with Gasteiger partial charge in [-0.15, -0.1) is 0 Å². The summed E-state index contributed by atoms with van der Waals surface area (Å²) in [5.41, 5.74) is 17.1. The smallest absolute Gasteiger partial charge is 0.410 e. The van der Waals surface area contributed by atoms with E-state index in [1.54, 1.807) is 36.4 Å². The van der Waals surface area contributed by atoms with Crippen LogP contribution in [0.15, 0.2) is 42.5 Å². The zero-order chi connectivity index (χ0) is 13.8. The molecule has 19 heavy (non-hydrogen) atoms. The number of hydrogen-bond donors (Lipinski definition) is 3. The van der Waals surface area contributed by atoms with Crippen LogP contribution in [-0.2, 0) is 0 Å². The lowest BCUT2D eigenvalue weighted by atomic mass is 10.2. The molecule has 0 heterocycles. The van der Waals surface area contributed by atoms with Gasteiger partial charge >= 0.3 is 6.09 Å². The number of anilines is 2. The second kappa shape index (κ2) is 5.18. The average Bonchev–Trinajstić information content (AvgIpc) is 2.36. The topological polar surface area (TPSA) is 114 Å². The highest BCUT2D eigenvalue weighted by Crippen LogP contribution is 2.30. The summed E-state index contributed by atoms with van der Waals surface area (Å²) in [4.78, 5) is 10.7. The van der Waals surface area contributed by atoms with Crippen LogP contribution in [0.3, 0.4) is 0 Å². The summed E-state index contributed by atoms with van der Waals surface area (Å²) in [5.74, 6) is 1.22. The minimum Gasteiger partial charge on any atom is -0.457 e. The lowest BCUT2D eigenvalue weighted by Gasteiger charge is -2.09. The first-order valence-electron chi connectivity index (χ1n) is 5.45. The van der Waals surface area contributed by atoms with Crippen molar-refractivity contribution in [1.82, 2.24) is 0 Å². The Hall–Kier alpha value is -2.89. The van der Waals surface area contributed by atoms with Crippen molar-refractivity contribution in [3.05, 3.63) is 42.5 Å². The van der Waals surface area contributed by atoms with Crippen molar-refractivity contribution >= 4 is 17.5 Å². The number of ether oxygens (including phenoxy) is 2. The first-order valence-corrected chi connectivity index (χ1v) is 5.45. The fourth-order valence-corrected chi connectivity index (χ4v) is 1.45. The number of carbonyl (C=O) groups excluding carboxylic acids is 1. The van der Waals surface area contributed by atoms with Crippen LogP contribution in [0.5, 0.6) is 17.2 Å². The van der Waals surface area contributed by atoms with Crippen molar-refractivity contribution in [2.45, 2.75) is 0 Å². The highest BCUT2D eigenvalue weighted by Gasteiger charge is 2.07. The summed E-state index contributed by atoms with van der Waals surface area (Å²) < 4.78 is 10.3. The molecule has 2 aromatic rings. The largest absolute Gasteiger partial charge is 0.457 e. The van der Waals surface area contributed by atoms with Crippen molar-refractivity contribution < 1.29 is 14.3 Å². The fraction of sp³-hybridized carbons (Fsp3) is 0. The minimum atomic E-state index is -0.934. The van der Waals surface area contributed by atoms with E-state index >= 15 is 0 Å². The van der Waals surface area contributed by atoms with Gasteiger partial charge in [0.2, 0.25) is 0 Å². The van der Waals surface area contributed by atoms with Crippen LogP contribution in [0, 0.1) is 0 Å². The number of benzene rings is 2. The number of rotatable bonds is 3. The molecule has 0 bridgehead atoms. The molecular formula is C13H13N3O3. The van der Waals surface area contributed by atoms with Crippen LogP contribution >= 0.6 is 0 Å². The number of nitrogens with two attached hydrogens (primary N) is 3. The molecule has 2 rings (SSSR count). The Kier molecular flexibility index (Phi) is 3.42. The Morgan fingerprint density at radius 2 is 1.58 bits per heavy atom. The lowest BCUT2D eigenvalue weighted by molar-refractivity contribution is 0.211. The van der Waals surface area contributed by atoms with Gasteiger partial charge in [0.1, 0.15) is 11.5 Å². The Morgan fingerprint density at radius 1 is 0.947 bits per heavy atom. The number of primary amides is 1. The molecule has 0 fully saturated rings. The van der Waals surface area contributed by atoms with Crippen molar-refractivity contribution in [1.29, 1.82) is 0 Å². The molecule has 0 saturated heterocycles. The molecule has 6 heteroatoms. The van der Waals surface area contributed by atoms with Crippen LogP contribution < -0.4 is 26.7 Å². The fourth-order valence-electron chi connectivity index (χ4n) is 1.45. The summed E-state index contributed by atoms with van der Waals surface area (Å²) in [6.07, 6.45) is -0.934. The summed E-state index contributed by atoms with van der Waals surface area (Å²) in [7, 11) is 0. The maximum atomic E-state index is 10.7. The van der Waals surface area contributed by atoms with Crippen LogP contribution in [0.2, 0.25) is 0 Å². The lowest BCUT2D eigenvalue weighted by Crippen LogP contribution is -2.17. The van der Waals surface area contributed by atoms with Gasteiger partial charge in [-0.25, -0.2) is 4.79 Å². The van der Waals surface area contributed by atoms with E-state index in [-0.39, 0.29) is 5.75 Å². The average molecular weight is 259 g/mol. The molecule has 6 N–H and O–H groups in total. The Labute approximate surface area is 109 Å². The van der Waals surface area contributed by atoms with Gasteiger partial charge < -0.3 is 26.7 Å². The molecule has 0 aliphatic rings. The van der Waals surface area contributed by atoms with E-state index in [0.29, 0.717) is 22.9 Å². The number of amides is 1. The molecule has 0 aliphatic carbocycles. The van der Waals surface area contributed by atoms with Gasteiger partial charge in [0.15, 0.2) is 5.75 Å². The first-order chi connectivity index (χ1) is 9.04. The normalized spacial score (nSPS) is 9.89. The third-order valence-corrected chi connectivity index (χ3v) is 2.31. The second-order valence-corrected chi connectivity index (χ2v) is 3.79. The van der Waals surface area contributed by atoms with Gasteiger partial charge in [0.25, 0.3) is 0 Å². The molecule has 2 aromatic carbocycles. The molecule has 0 radical (unpaired) electrons. The van der Waals surface area contributed by atoms with Gasteiger partial charge in [0.05, 0.1) is 5.69 Å². The second-order valence-electron chi connectivity index (χ2n) is 3.79. The summed E-state index contributed by atoms with van der Waals surface area (Å²) in [6.45, 7) is 0. The Morgan fingerprint density at radius 3 is 2.21 bits per heavy atom. The zero-order valence-corrected chi connectivity index (χ0v) is 10.00. The monoisotopic (exact) mass is 259 g/mol. The van der Waals surface area contributed by atoms with E-state index in [9.17, 15) is 4.79 Å². The van der Waals surface area contributed by atoms with Crippen LogP contribution in [0.1, 0.15) is 0 Å². The van der Waals surface area contributed by atoms with Crippen LogP contribution in [-0.4, -0.2) is 6.09 Å². The maximum absolute atomic E-state index is 10.7. The first kappa shape index (κ1) is 12.6. The molecule has 0 unspecified atom stereocenters. The molecule has 0 aromatic heterocycles. The zero-order valence-electron chi connectivity index (χ0n) is 10.00. The molecular weight excluding hydrogens is 246 g/mol. The summed E-state index contributed by atoms with van der Waals surface area (Å²) in [5, 5.41) is 0. The number of nitrogen functional groups attached to an aromatic ring is 2. The minimum absolute atomic E-state index is 0.153. The third kappa shape index (κ3) is 3.29. The maximum Gasteiger partial charge on any atom is 0.410 e. The summed E-state index contributed by atoms with van der Waals surface area (Å²) in [6, 6.07) is 11.6. The van der Waals surface area contributed by atoms with E-state index < -0.39 is 6.09 Å². The SMILES string of the molecule is NC(=O)Oc1cc(Oc2ccc(N)cc2)ccc1N. The molecule has 0 saturated carbocycles. The van der Waals surface area contributed by atoms with Crippen molar-refractivity contribution in [3.63, 3.8) is 0 Å². The van der Waals surface area contributed by atoms with Gasteiger partial charge in [0, 0.05) is 11.8 Å². The van der Waals surface area contributed by atoms with Crippen molar-refractivity contribution in [2.24, 2.45) is 5.73 Å². The van der Waals surface area contributed by atoms with Gasteiger partial charge in [-0.1, -0.05) is 0 Å². The number of hydrogen-bond acceptors (Lipinski definition) is 5. The van der Waals surface area contributed by atoms with E-state index in [2.05, 4.69) is 0 Å². The van der Waals surface area contributed by atoms with Crippen molar-refractivity contribution in [3.8, 4) is 17.2 Å². The van der Waals surface area contributed by atoms with Crippen LogP contribution in [0.4, 0.5) is 16.2 Å². The molecule has 6 nitrogen and oxygen atoms in total. The standard InChI is InChI=1S/C13H13N3O3/c14-8-1-3-9(4-2-8)18-10-5-6-11(15)12(7-10)19-13(16)17/h1-7H,14-15H2,(H2,16,17). The predicted molar refractivity (Wildman–Crippen MR) is 72.0 cm³/mol. The highest BCUT2D eigenvalue weighted by molar-refractivity contribution is 5.71. The van der Waals surface area contributed by atoms with Crippen LogP contribution in [0.25, 0.3) is 0 Å². The van der Waals surface area contributed by atoms with Crippen molar-refractivity contribution in [2.75, 3.05) is 11.5 Å². The molecule has 0 aliphatic heterocycles. The third-order valence-electron chi connectivity index (χ3n) is 2.31. The molecule has 98 valence electrons. The molecule has 0 spiro atoms. The molecule has 1 amide bonds. The van der Waals surface area contributed by atoms with E-state index in [1.165, 1.54) is 6.07 Å². The molecule has 0 atom stereocenters. The quantitative estimate of drug-likeness (QED) is 0.730. The Bertz CT molecular complexity index is 597. The highest BCUT2D eigenvalue weighted by atomic mass is 16.5. The van der Waals surface area contributed by atoms with E-state index in [1.807, 2.05) is 0 Å². The Balaban J connectivity index is 2.21. The van der Waals surface area contributed by atoms with E-state index in [0.717, 1.165) is 0 Å².